The maximum Gasteiger partial charge on any atom is 0.335 e. The highest BCUT2D eigenvalue weighted by atomic mass is 32.2. The first-order chi connectivity index (χ1) is 14.7. The van der Waals surface area contributed by atoms with Crippen molar-refractivity contribution in [2.45, 2.75) is 10.6 Å². The molecule has 3 rings (SSSR count). The molecule has 0 aliphatic carbocycles. The van der Waals surface area contributed by atoms with Gasteiger partial charge in [-0.05, 0) is 59.2 Å². The number of rotatable bonds is 6. The molecule has 0 aliphatic heterocycles. The maximum absolute atomic E-state index is 14.3. The lowest BCUT2D eigenvalue weighted by Gasteiger charge is -2.14. The Morgan fingerprint density at radius 3 is 2.48 bits per heavy atom. The molecule has 0 aromatic heterocycles. The number of nitrogens with zero attached hydrogens (tertiary/aromatic N) is 1. The Morgan fingerprint density at radius 1 is 1.13 bits per heavy atom. The van der Waals surface area contributed by atoms with Crippen LogP contribution in [0.1, 0.15) is 21.5 Å². The maximum atomic E-state index is 14.3. The lowest BCUT2D eigenvalue weighted by atomic mass is 9.98. The Balaban J connectivity index is 2.19. The zero-order valence-corrected chi connectivity index (χ0v) is 16.9. The predicted octanol–water partition coefficient (Wildman–Crippen LogP) is 4.18. The van der Waals surface area contributed by atoms with E-state index < -0.39 is 33.2 Å². The van der Waals surface area contributed by atoms with Crippen LogP contribution in [0.4, 0.5) is 8.78 Å². The Kier molecular flexibility index (Phi) is 6.04. The van der Waals surface area contributed by atoms with Crippen LogP contribution in [0.25, 0.3) is 11.1 Å². The average molecular weight is 443 g/mol. The summed E-state index contributed by atoms with van der Waals surface area (Å²) in [7, 11) is -2.97. The van der Waals surface area contributed by atoms with Crippen molar-refractivity contribution in [3.05, 3.63) is 82.9 Å². The molecule has 0 heterocycles. The molecule has 0 spiro atoms. The van der Waals surface area contributed by atoms with Crippen molar-refractivity contribution >= 4 is 15.8 Å². The van der Waals surface area contributed by atoms with Gasteiger partial charge in [-0.3, -0.25) is 0 Å². The summed E-state index contributed by atoms with van der Waals surface area (Å²) in [6.07, 6.45) is 0. The van der Waals surface area contributed by atoms with Gasteiger partial charge in [0.25, 0.3) is 0 Å². The summed E-state index contributed by atoms with van der Waals surface area (Å²) in [4.78, 5) is 10.9. The van der Waals surface area contributed by atoms with E-state index in [0.29, 0.717) is 0 Å². The third-order valence-electron chi connectivity index (χ3n) is 4.54. The molecular formula is C22H15F2NO5S. The SMILES string of the molecule is COc1ccc(C(=O)O)cc1S(=O)(=O)Cc1cc(C#N)c(F)cc1-c1cccc(F)c1. The molecule has 0 saturated heterocycles. The van der Waals surface area contributed by atoms with Crippen LogP contribution in [-0.4, -0.2) is 26.6 Å². The van der Waals surface area contributed by atoms with E-state index in [1.165, 1.54) is 37.4 Å². The number of hydrogen-bond donors (Lipinski definition) is 1. The molecular weight excluding hydrogens is 428 g/mol. The molecule has 3 aromatic carbocycles. The highest BCUT2D eigenvalue weighted by Gasteiger charge is 2.25. The second-order valence-electron chi connectivity index (χ2n) is 6.54. The smallest absolute Gasteiger partial charge is 0.335 e. The number of carbonyl (C=O) groups is 1. The summed E-state index contributed by atoms with van der Waals surface area (Å²) in [6, 6.07) is 12.3. The van der Waals surface area contributed by atoms with Crippen molar-refractivity contribution in [1.82, 2.24) is 0 Å². The largest absolute Gasteiger partial charge is 0.495 e. The topological polar surface area (TPSA) is 104 Å². The molecule has 0 atom stereocenters. The Labute approximate surface area is 176 Å². The van der Waals surface area contributed by atoms with E-state index in [1.807, 2.05) is 0 Å². The number of hydrogen-bond acceptors (Lipinski definition) is 5. The molecule has 0 bridgehead atoms. The van der Waals surface area contributed by atoms with Crippen LogP contribution in [0, 0.1) is 23.0 Å². The molecule has 0 unspecified atom stereocenters. The molecule has 31 heavy (non-hydrogen) atoms. The molecule has 1 N–H and O–H groups in total. The van der Waals surface area contributed by atoms with Gasteiger partial charge in [-0.15, -0.1) is 0 Å². The van der Waals surface area contributed by atoms with Gasteiger partial charge in [0.2, 0.25) is 0 Å². The summed E-state index contributed by atoms with van der Waals surface area (Å²) in [6.45, 7) is 0. The van der Waals surface area contributed by atoms with Crippen molar-refractivity contribution in [3.63, 3.8) is 0 Å². The van der Waals surface area contributed by atoms with Crippen molar-refractivity contribution in [2.75, 3.05) is 7.11 Å². The van der Waals surface area contributed by atoms with Gasteiger partial charge in [0.15, 0.2) is 9.84 Å². The van der Waals surface area contributed by atoms with Crippen LogP contribution in [0.15, 0.2) is 59.5 Å². The number of sulfone groups is 1. The number of carboxylic acid groups (broad SMARTS) is 1. The lowest BCUT2D eigenvalue weighted by molar-refractivity contribution is 0.0696. The highest BCUT2D eigenvalue weighted by molar-refractivity contribution is 7.90. The zero-order chi connectivity index (χ0) is 22.8. The first-order valence-electron chi connectivity index (χ1n) is 8.79. The minimum atomic E-state index is -4.20. The fourth-order valence-electron chi connectivity index (χ4n) is 3.08. The predicted molar refractivity (Wildman–Crippen MR) is 107 cm³/mol. The van der Waals surface area contributed by atoms with E-state index >= 15 is 0 Å². The Bertz CT molecular complexity index is 1330. The fourth-order valence-corrected chi connectivity index (χ4v) is 4.65. The number of benzene rings is 3. The van der Waals surface area contributed by atoms with Gasteiger partial charge in [-0.25, -0.2) is 22.0 Å². The van der Waals surface area contributed by atoms with Crippen molar-refractivity contribution < 1.29 is 31.8 Å². The molecule has 0 saturated carbocycles. The van der Waals surface area contributed by atoms with Crippen LogP contribution in [0.3, 0.4) is 0 Å². The second-order valence-corrected chi connectivity index (χ2v) is 8.50. The van der Waals surface area contributed by atoms with E-state index in [-0.39, 0.29) is 38.5 Å². The molecule has 9 heteroatoms. The first-order valence-corrected chi connectivity index (χ1v) is 10.4. The summed E-state index contributed by atoms with van der Waals surface area (Å²) >= 11 is 0. The van der Waals surface area contributed by atoms with Crippen LogP contribution in [0.2, 0.25) is 0 Å². The van der Waals surface area contributed by atoms with Gasteiger partial charge in [0.1, 0.15) is 28.3 Å². The Morgan fingerprint density at radius 2 is 1.87 bits per heavy atom. The number of halogens is 2. The monoisotopic (exact) mass is 443 g/mol. The van der Waals surface area contributed by atoms with Gasteiger partial charge >= 0.3 is 5.97 Å². The summed E-state index contributed by atoms with van der Waals surface area (Å²) in [5.74, 6) is -3.58. The lowest BCUT2D eigenvalue weighted by Crippen LogP contribution is -2.10. The van der Waals surface area contributed by atoms with Crippen LogP contribution >= 0.6 is 0 Å². The minimum absolute atomic E-state index is 0.0475. The minimum Gasteiger partial charge on any atom is -0.495 e. The van der Waals surface area contributed by atoms with Crippen molar-refractivity contribution in [2.24, 2.45) is 0 Å². The normalized spacial score (nSPS) is 11.0. The van der Waals surface area contributed by atoms with E-state index in [4.69, 9.17) is 10.00 Å². The molecule has 0 amide bonds. The first kappa shape index (κ1) is 21.9. The number of ether oxygens (including phenoxy) is 1. The number of methoxy groups -OCH3 is 1. The molecule has 0 fully saturated rings. The van der Waals surface area contributed by atoms with Crippen LogP contribution < -0.4 is 4.74 Å². The van der Waals surface area contributed by atoms with E-state index in [2.05, 4.69) is 0 Å². The quantitative estimate of drug-likeness (QED) is 0.613. The standard InChI is InChI=1S/C22H15F2NO5S/c1-30-20-6-5-14(22(26)27)9-21(20)31(28,29)12-16-7-15(11-25)19(24)10-18(16)13-3-2-4-17(23)8-13/h2-10H,12H2,1H3,(H,26,27). The Hall–Kier alpha value is -3.77. The van der Waals surface area contributed by atoms with Crippen molar-refractivity contribution in [3.8, 4) is 22.9 Å². The van der Waals surface area contributed by atoms with Gasteiger partial charge in [0.05, 0.1) is 24.0 Å². The summed E-state index contributed by atoms with van der Waals surface area (Å²) in [5.41, 5.74) is -0.280. The summed E-state index contributed by atoms with van der Waals surface area (Å²) < 4.78 is 59.4. The number of nitriles is 1. The number of aromatic carboxylic acids is 1. The average Bonchev–Trinajstić information content (AvgIpc) is 2.73. The van der Waals surface area contributed by atoms with E-state index in [0.717, 1.165) is 24.3 Å². The van der Waals surface area contributed by atoms with Gasteiger partial charge in [-0.2, -0.15) is 5.26 Å². The van der Waals surface area contributed by atoms with Gasteiger partial charge in [0, 0.05) is 0 Å². The van der Waals surface area contributed by atoms with Crippen molar-refractivity contribution in [1.29, 1.82) is 5.26 Å². The fraction of sp³-hybridized carbons (Fsp3) is 0.0909. The molecule has 6 nitrogen and oxygen atoms in total. The number of carboxylic acids is 1. The molecule has 3 aromatic rings. The third kappa shape index (κ3) is 4.54. The second kappa shape index (κ2) is 8.53. The summed E-state index contributed by atoms with van der Waals surface area (Å²) in [5, 5.41) is 18.4. The third-order valence-corrected chi connectivity index (χ3v) is 6.22. The van der Waals surface area contributed by atoms with Gasteiger partial charge < -0.3 is 9.84 Å². The van der Waals surface area contributed by atoms with Gasteiger partial charge in [-0.1, -0.05) is 12.1 Å². The molecule has 158 valence electrons. The highest BCUT2D eigenvalue weighted by Crippen LogP contribution is 2.33. The van der Waals surface area contributed by atoms with Crippen LogP contribution in [0.5, 0.6) is 5.75 Å². The van der Waals surface area contributed by atoms with Crippen LogP contribution in [-0.2, 0) is 15.6 Å². The zero-order valence-electron chi connectivity index (χ0n) is 16.1. The molecule has 0 aliphatic rings. The molecule has 0 radical (unpaired) electrons. The van der Waals surface area contributed by atoms with E-state index in [9.17, 15) is 27.1 Å². The van der Waals surface area contributed by atoms with E-state index in [1.54, 1.807) is 6.07 Å².